The lowest BCUT2D eigenvalue weighted by Crippen LogP contribution is -2.12. The Bertz CT molecular complexity index is 1510. The Hall–Kier alpha value is -3.53. The van der Waals surface area contributed by atoms with E-state index < -0.39 is 0 Å². The summed E-state index contributed by atoms with van der Waals surface area (Å²) in [5.74, 6) is 0.0257. The van der Waals surface area contributed by atoms with Crippen LogP contribution in [0.2, 0.25) is 0 Å². The van der Waals surface area contributed by atoms with Crippen LogP contribution in [0.4, 0.5) is 0 Å². The summed E-state index contributed by atoms with van der Waals surface area (Å²) in [6, 6.07) is 16.8. The highest BCUT2D eigenvalue weighted by atomic mass is 16.1. The fraction of sp³-hybridized carbons (Fsp3) is 0.160. The van der Waals surface area contributed by atoms with Gasteiger partial charge in [-0.15, -0.1) is 0 Å². The highest BCUT2D eigenvalue weighted by Gasteiger charge is 2.30. The number of benzene rings is 3. The summed E-state index contributed by atoms with van der Waals surface area (Å²) in [6.45, 7) is 5.65. The lowest BCUT2D eigenvalue weighted by atomic mass is 9.97. The number of rotatable bonds is 2. The van der Waals surface area contributed by atoms with Crippen molar-refractivity contribution in [2.75, 3.05) is 0 Å². The molecule has 1 aliphatic heterocycles. The van der Waals surface area contributed by atoms with Gasteiger partial charge in [-0.25, -0.2) is 0 Å². The first-order valence-corrected chi connectivity index (χ1v) is 10.0. The van der Waals surface area contributed by atoms with Gasteiger partial charge < -0.3 is 14.9 Å². The Morgan fingerprint density at radius 2 is 1.79 bits per heavy atom. The van der Waals surface area contributed by atoms with Crippen LogP contribution in [0, 0.1) is 0 Å². The summed E-state index contributed by atoms with van der Waals surface area (Å²) >= 11 is 0. The smallest absolute Gasteiger partial charge is 0.252 e. The van der Waals surface area contributed by atoms with E-state index in [1.165, 1.54) is 27.4 Å². The van der Waals surface area contributed by atoms with Crippen LogP contribution in [0.5, 0.6) is 0 Å². The molecule has 5 aromatic rings. The molecular weight excluding hydrogens is 358 g/mol. The van der Waals surface area contributed by atoms with E-state index in [1.807, 2.05) is 12.1 Å². The summed E-state index contributed by atoms with van der Waals surface area (Å²) in [6.07, 6.45) is 2.26. The number of carbonyl (C=O) groups is 1. The number of hydrogen-bond donors (Lipinski definition) is 2. The summed E-state index contributed by atoms with van der Waals surface area (Å²) in [4.78, 5) is 16.5. The number of hydrogen-bond acceptors (Lipinski definition) is 1. The summed E-state index contributed by atoms with van der Waals surface area (Å²) in [7, 11) is 0. The Morgan fingerprint density at radius 1 is 1.03 bits per heavy atom. The van der Waals surface area contributed by atoms with Crippen molar-refractivity contribution in [2.45, 2.75) is 26.9 Å². The van der Waals surface area contributed by atoms with Crippen molar-refractivity contribution in [1.82, 2.24) is 14.9 Å². The van der Waals surface area contributed by atoms with Gasteiger partial charge in [0.2, 0.25) is 0 Å². The quantitative estimate of drug-likeness (QED) is 0.383. The minimum absolute atomic E-state index is 0.0257. The SMILES string of the molecule is CC(C)=CCn1c2ccccc2c2c3c(c4c5ccccc5[nH]c4c21)C(=O)NC3. The zero-order chi connectivity index (χ0) is 19.7. The van der Waals surface area contributed by atoms with Gasteiger partial charge >= 0.3 is 0 Å². The van der Waals surface area contributed by atoms with Crippen LogP contribution >= 0.6 is 0 Å². The molecule has 4 nitrogen and oxygen atoms in total. The zero-order valence-electron chi connectivity index (χ0n) is 16.5. The van der Waals surface area contributed by atoms with Gasteiger partial charge in [0.1, 0.15) is 0 Å². The molecule has 0 atom stereocenters. The van der Waals surface area contributed by atoms with Crippen LogP contribution < -0.4 is 5.32 Å². The van der Waals surface area contributed by atoms with Crippen molar-refractivity contribution in [2.24, 2.45) is 0 Å². The van der Waals surface area contributed by atoms with Crippen LogP contribution in [-0.2, 0) is 13.1 Å². The Kier molecular flexibility index (Phi) is 3.25. The van der Waals surface area contributed by atoms with Gasteiger partial charge in [0, 0.05) is 45.7 Å². The highest BCUT2D eigenvalue weighted by molar-refractivity contribution is 6.30. The van der Waals surface area contributed by atoms with E-state index in [0.29, 0.717) is 6.54 Å². The number of fused-ring (bicyclic) bond motifs is 10. The van der Waals surface area contributed by atoms with Gasteiger partial charge in [-0.05, 0) is 31.5 Å². The van der Waals surface area contributed by atoms with Crippen molar-refractivity contribution in [1.29, 1.82) is 0 Å². The number of aromatic amines is 1. The maximum absolute atomic E-state index is 12.9. The Balaban J connectivity index is 1.93. The third-order valence-electron chi connectivity index (χ3n) is 6.10. The molecule has 0 fully saturated rings. The van der Waals surface area contributed by atoms with E-state index in [1.54, 1.807) is 0 Å². The number of nitrogens with one attached hydrogen (secondary N) is 2. The van der Waals surface area contributed by atoms with Crippen molar-refractivity contribution in [3.63, 3.8) is 0 Å². The standard InChI is InChI=1S/C25H21N3O/c1-14(2)11-12-28-19-10-6-4-8-16(19)20-17-13-26-25(29)22(17)21-15-7-3-5-9-18(15)27-23(21)24(20)28/h3-11,27H,12-13H2,1-2H3,(H,26,29). The van der Waals surface area contributed by atoms with Crippen LogP contribution in [0.3, 0.4) is 0 Å². The average molecular weight is 379 g/mol. The molecule has 2 N–H and O–H groups in total. The first-order chi connectivity index (χ1) is 14.1. The lowest BCUT2D eigenvalue weighted by Gasteiger charge is -2.08. The summed E-state index contributed by atoms with van der Waals surface area (Å²) in [5, 5.41) is 7.62. The largest absolute Gasteiger partial charge is 0.353 e. The fourth-order valence-corrected chi connectivity index (χ4v) is 4.87. The number of para-hydroxylation sites is 2. The predicted octanol–water partition coefficient (Wildman–Crippen LogP) is 5.64. The van der Waals surface area contributed by atoms with Crippen LogP contribution in [0.1, 0.15) is 29.8 Å². The second-order valence-corrected chi connectivity index (χ2v) is 8.09. The molecule has 0 radical (unpaired) electrons. The topological polar surface area (TPSA) is 49.8 Å². The molecular formula is C25H21N3O. The zero-order valence-corrected chi connectivity index (χ0v) is 16.5. The van der Waals surface area contributed by atoms with E-state index in [4.69, 9.17) is 0 Å². The number of allylic oxidation sites excluding steroid dienone is 2. The molecule has 1 amide bonds. The molecule has 0 bridgehead atoms. The Labute approximate surface area is 167 Å². The molecule has 0 aliphatic carbocycles. The molecule has 142 valence electrons. The molecule has 0 spiro atoms. The number of aromatic nitrogens is 2. The van der Waals surface area contributed by atoms with Crippen molar-refractivity contribution in [3.8, 4) is 0 Å². The minimum atomic E-state index is 0.0257. The molecule has 3 heterocycles. The first kappa shape index (κ1) is 16.4. The normalized spacial score (nSPS) is 13.5. The van der Waals surface area contributed by atoms with Crippen LogP contribution in [0.15, 0.2) is 60.2 Å². The number of carbonyl (C=O) groups excluding carboxylic acids is 1. The molecule has 4 heteroatoms. The molecule has 29 heavy (non-hydrogen) atoms. The first-order valence-electron chi connectivity index (χ1n) is 10.0. The molecule has 0 saturated heterocycles. The Morgan fingerprint density at radius 3 is 2.62 bits per heavy atom. The number of amides is 1. The molecule has 0 saturated carbocycles. The maximum Gasteiger partial charge on any atom is 0.252 e. The minimum Gasteiger partial charge on any atom is -0.353 e. The van der Waals surface area contributed by atoms with Gasteiger partial charge in [-0.2, -0.15) is 0 Å². The predicted molar refractivity (Wildman–Crippen MR) is 119 cm³/mol. The van der Waals surface area contributed by atoms with E-state index >= 15 is 0 Å². The van der Waals surface area contributed by atoms with Crippen molar-refractivity contribution < 1.29 is 4.79 Å². The third kappa shape index (κ3) is 2.11. The van der Waals surface area contributed by atoms with Crippen LogP contribution in [-0.4, -0.2) is 15.5 Å². The molecule has 0 unspecified atom stereocenters. The second-order valence-electron chi connectivity index (χ2n) is 8.09. The molecule has 6 rings (SSSR count). The summed E-state index contributed by atoms with van der Waals surface area (Å²) < 4.78 is 2.39. The number of nitrogens with zero attached hydrogens (tertiary/aromatic N) is 1. The fourth-order valence-electron chi connectivity index (χ4n) is 4.87. The third-order valence-corrected chi connectivity index (χ3v) is 6.10. The van der Waals surface area contributed by atoms with Gasteiger partial charge in [-0.1, -0.05) is 48.0 Å². The lowest BCUT2D eigenvalue weighted by molar-refractivity contribution is 0.0967. The van der Waals surface area contributed by atoms with Gasteiger partial charge in [-0.3, -0.25) is 4.79 Å². The monoisotopic (exact) mass is 379 g/mol. The van der Waals surface area contributed by atoms with Gasteiger partial charge in [0.25, 0.3) is 5.91 Å². The average Bonchev–Trinajstić information content (AvgIpc) is 3.38. The summed E-state index contributed by atoms with van der Waals surface area (Å²) in [5.41, 5.74) is 7.75. The van der Waals surface area contributed by atoms with Gasteiger partial charge in [0.15, 0.2) is 0 Å². The van der Waals surface area contributed by atoms with Crippen molar-refractivity contribution >= 4 is 49.5 Å². The van der Waals surface area contributed by atoms with E-state index in [0.717, 1.165) is 39.5 Å². The van der Waals surface area contributed by atoms with E-state index in [2.05, 4.69) is 71.2 Å². The second kappa shape index (κ2) is 5.74. The molecule has 1 aliphatic rings. The maximum atomic E-state index is 12.9. The van der Waals surface area contributed by atoms with Crippen LogP contribution in [0.25, 0.3) is 43.6 Å². The molecule has 3 aromatic carbocycles. The van der Waals surface area contributed by atoms with Gasteiger partial charge in [0.05, 0.1) is 16.6 Å². The highest BCUT2D eigenvalue weighted by Crippen LogP contribution is 2.43. The number of H-pyrrole nitrogens is 1. The van der Waals surface area contributed by atoms with E-state index in [9.17, 15) is 4.79 Å². The van der Waals surface area contributed by atoms with Crippen molar-refractivity contribution in [3.05, 3.63) is 71.3 Å². The van der Waals surface area contributed by atoms with E-state index in [-0.39, 0.29) is 5.91 Å². The molecule has 2 aromatic heterocycles.